The SMILES string of the molecule is Cc1cc(C(=O)Nc2c(Cl)cc(Cl)cc2Cl)cc(N)n1. The van der Waals surface area contributed by atoms with E-state index in [1.165, 1.54) is 18.2 Å². The molecule has 0 aliphatic carbocycles. The Hall–Kier alpha value is -1.49. The Balaban J connectivity index is 2.32. The minimum absolute atomic E-state index is 0.259. The highest BCUT2D eigenvalue weighted by molar-refractivity contribution is 6.42. The normalized spacial score (nSPS) is 10.4. The first-order valence-corrected chi connectivity index (χ1v) is 6.70. The van der Waals surface area contributed by atoms with E-state index < -0.39 is 0 Å². The standard InChI is InChI=1S/C13H10Cl3N3O/c1-6-2-7(3-11(17)18-6)13(20)19-12-9(15)4-8(14)5-10(12)16/h2-5H,1H3,(H2,17,18)(H,19,20). The van der Waals surface area contributed by atoms with Crippen LogP contribution in [0.3, 0.4) is 0 Å². The summed E-state index contributed by atoms with van der Waals surface area (Å²) in [4.78, 5) is 16.2. The highest BCUT2D eigenvalue weighted by atomic mass is 35.5. The van der Waals surface area contributed by atoms with Gasteiger partial charge >= 0.3 is 0 Å². The third-order valence-electron chi connectivity index (χ3n) is 2.48. The maximum Gasteiger partial charge on any atom is 0.255 e. The third-order valence-corrected chi connectivity index (χ3v) is 3.30. The summed E-state index contributed by atoms with van der Waals surface area (Å²) in [7, 11) is 0. The maximum atomic E-state index is 12.2. The quantitative estimate of drug-likeness (QED) is 0.867. The Morgan fingerprint density at radius 2 is 1.75 bits per heavy atom. The van der Waals surface area contributed by atoms with Crippen molar-refractivity contribution in [2.24, 2.45) is 0 Å². The average molecular weight is 331 g/mol. The molecule has 0 spiro atoms. The number of nitrogens with one attached hydrogen (secondary N) is 1. The first-order valence-electron chi connectivity index (χ1n) is 5.57. The van der Waals surface area contributed by atoms with Gasteiger partial charge in [0.05, 0.1) is 15.7 Å². The van der Waals surface area contributed by atoms with Crippen molar-refractivity contribution in [3.63, 3.8) is 0 Å². The van der Waals surface area contributed by atoms with E-state index in [0.717, 1.165) is 0 Å². The molecule has 1 aromatic carbocycles. The van der Waals surface area contributed by atoms with E-state index in [1.54, 1.807) is 13.0 Å². The highest BCUT2D eigenvalue weighted by Crippen LogP contribution is 2.33. The molecule has 3 N–H and O–H groups in total. The number of amides is 1. The minimum atomic E-state index is -0.381. The second kappa shape index (κ2) is 5.87. The number of hydrogen-bond acceptors (Lipinski definition) is 3. The van der Waals surface area contributed by atoms with Gasteiger partial charge in [0.1, 0.15) is 5.82 Å². The van der Waals surface area contributed by atoms with Crippen LogP contribution in [0.15, 0.2) is 24.3 Å². The Labute approximate surface area is 130 Å². The number of halogens is 3. The number of pyridine rings is 1. The van der Waals surface area contributed by atoms with Gasteiger partial charge in [0.25, 0.3) is 5.91 Å². The third kappa shape index (κ3) is 3.33. The molecule has 0 atom stereocenters. The van der Waals surface area contributed by atoms with E-state index in [1.807, 2.05) is 0 Å². The van der Waals surface area contributed by atoms with Gasteiger partial charge in [-0.25, -0.2) is 4.98 Å². The lowest BCUT2D eigenvalue weighted by Crippen LogP contribution is -2.13. The van der Waals surface area contributed by atoms with Crippen LogP contribution in [0.25, 0.3) is 0 Å². The number of carbonyl (C=O) groups excluding carboxylic acids is 1. The summed E-state index contributed by atoms with van der Waals surface area (Å²) in [5.41, 5.74) is 6.93. The lowest BCUT2D eigenvalue weighted by molar-refractivity contribution is 0.102. The van der Waals surface area contributed by atoms with E-state index in [0.29, 0.717) is 22.0 Å². The molecule has 4 nitrogen and oxygen atoms in total. The van der Waals surface area contributed by atoms with Crippen LogP contribution in [0.5, 0.6) is 0 Å². The van der Waals surface area contributed by atoms with Gasteiger partial charge in [0, 0.05) is 16.3 Å². The van der Waals surface area contributed by atoms with E-state index in [4.69, 9.17) is 40.5 Å². The van der Waals surface area contributed by atoms with E-state index in [2.05, 4.69) is 10.3 Å². The molecule has 0 fully saturated rings. The van der Waals surface area contributed by atoms with Gasteiger partial charge in [-0.05, 0) is 31.2 Å². The fourth-order valence-electron chi connectivity index (χ4n) is 1.67. The van der Waals surface area contributed by atoms with Crippen molar-refractivity contribution >= 4 is 52.2 Å². The zero-order valence-electron chi connectivity index (χ0n) is 10.4. The molecule has 0 radical (unpaired) electrons. The van der Waals surface area contributed by atoms with Crippen LogP contribution in [0, 0.1) is 6.92 Å². The van der Waals surface area contributed by atoms with Crippen molar-refractivity contribution in [2.75, 3.05) is 11.1 Å². The predicted octanol–water partition coefficient (Wildman–Crippen LogP) is 4.18. The van der Waals surface area contributed by atoms with Crippen molar-refractivity contribution in [3.05, 3.63) is 50.6 Å². The van der Waals surface area contributed by atoms with Gasteiger partial charge in [0.2, 0.25) is 0 Å². The Morgan fingerprint density at radius 1 is 1.15 bits per heavy atom. The molecule has 0 unspecified atom stereocenters. The number of nitrogens with zero attached hydrogens (tertiary/aromatic N) is 1. The first-order chi connectivity index (χ1) is 9.36. The minimum Gasteiger partial charge on any atom is -0.384 e. The van der Waals surface area contributed by atoms with Crippen LogP contribution in [-0.4, -0.2) is 10.9 Å². The van der Waals surface area contributed by atoms with Gasteiger partial charge in [-0.2, -0.15) is 0 Å². The maximum absolute atomic E-state index is 12.2. The van der Waals surface area contributed by atoms with Gasteiger partial charge in [0.15, 0.2) is 0 Å². The molecular weight excluding hydrogens is 321 g/mol. The van der Waals surface area contributed by atoms with Crippen LogP contribution in [0.4, 0.5) is 11.5 Å². The lowest BCUT2D eigenvalue weighted by atomic mass is 10.2. The second-order valence-electron chi connectivity index (χ2n) is 4.12. The monoisotopic (exact) mass is 329 g/mol. The molecule has 1 heterocycles. The first kappa shape index (κ1) is 14.9. The molecule has 0 bridgehead atoms. The molecule has 0 aliphatic heterocycles. The van der Waals surface area contributed by atoms with Crippen LogP contribution in [-0.2, 0) is 0 Å². The summed E-state index contributed by atoms with van der Waals surface area (Å²) < 4.78 is 0. The number of nitrogen functional groups attached to an aromatic ring is 1. The van der Waals surface area contributed by atoms with Gasteiger partial charge in [-0.15, -0.1) is 0 Å². The topological polar surface area (TPSA) is 68.0 Å². The highest BCUT2D eigenvalue weighted by Gasteiger charge is 2.13. The smallest absolute Gasteiger partial charge is 0.255 e. The number of rotatable bonds is 2. The Morgan fingerprint density at radius 3 is 2.30 bits per heavy atom. The molecule has 0 aliphatic rings. The van der Waals surface area contributed by atoms with Gasteiger partial charge in [-0.1, -0.05) is 34.8 Å². The van der Waals surface area contributed by atoms with Crippen molar-refractivity contribution in [2.45, 2.75) is 6.92 Å². The van der Waals surface area contributed by atoms with Crippen molar-refractivity contribution in [3.8, 4) is 0 Å². The van der Waals surface area contributed by atoms with E-state index >= 15 is 0 Å². The van der Waals surface area contributed by atoms with Gasteiger partial charge in [-0.3, -0.25) is 4.79 Å². The zero-order valence-corrected chi connectivity index (χ0v) is 12.6. The molecule has 2 rings (SSSR count). The van der Waals surface area contributed by atoms with Gasteiger partial charge < -0.3 is 11.1 Å². The molecule has 0 saturated heterocycles. The van der Waals surface area contributed by atoms with Crippen LogP contribution < -0.4 is 11.1 Å². The zero-order chi connectivity index (χ0) is 14.9. The molecule has 0 saturated carbocycles. The fraction of sp³-hybridized carbons (Fsp3) is 0.0769. The Kier molecular flexibility index (Phi) is 4.38. The molecule has 104 valence electrons. The van der Waals surface area contributed by atoms with Crippen molar-refractivity contribution in [1.29, 1.82) is 0 Å². The predicted molar refractivity (Wildman–Crippen MR) is 82.8 cm³/mol. The number of anilines is 2. The molecular formula is C13H10Cl3N3O. The Bertz CT molecular complexity index is 645. The number of aryl methyl sites for hydroxylation is 1. The second-order valence-corrected chi connectivity index (χ2v) is 5.37. The molecule has 1 aromatic heterocycles. The average Bonchev–Trinajstić information content (AvgIpc) is 2.32. The van der Waals surface area contributed by atoms with E-state index in [-0.39, 0.29) is 21.8 Å². The largest absolute Gasteiger partial charge is 0.384 e. The summed E-state index contributed by atoms with van der Waals surface area (Å²) in [6.07, 6.45) is 0. The number of benzene rings is 1. The summed E-state index contributed by atoms with van der Waals surface area (Å²) in [5, 5.41) is 3.54. The van der Waals surface area contributed by atoms with Crippen LogP contribution in [0.2, 0.25) is 15.1 Å². The number of nitrogens with two attached hydrogens (primary N) is 1. The number of carbonyl (C=O) groups is 1. The lowest BCUT2D eigenvalue weighted by Gasteiger charge is -2.10. The summed E-state index contributed by atoms with van der Waals surface area (Å²) in [5.74, 6) is -0.114. The summed E-state index contributed by atoms with van der Waals surface area (Å²) in [6.45, 7) is 1.75. The number of hydrogen-bond donors (Lipinski definition) is 2. The number of aromatic nitrogens is 1. The fourth-order valence-corrected chi connectivity index (χ4v) is 2.58. The molecule has 7 heteroatoms. The molecule has 20 heavy (non-hydrogen) atoms. The molecule has 1 amide bonds. The molecule has 2 aromatic rings. The van der Waals surface area contributed by atoms with Crippen molar-refractivity contribution in [1.82, 2.24) is 4.98 Å². The van der Waals surface area contributed by atoms with E-state index in [9.17, 15) is 4.79 Å². The van der Waals surface area contributed by atoms with Crippen LogP contribution >= 0.6 is 34.8 Å². The van der Waals surface area contributed by atoms with Crippen LogP contribution in [0.1, 0.15) is 16.1 Å². The van der Waals surface area contributed by atoms with Crippen molar-refractivity contribution < 1.29 is 4.79 Å². The summed E-state index contributed by atoms with van der Waals surface area (Å²) >= 11 is 17.8. The summed E-state index contributed by atoms with van der Waals surface area (Å²) in [6, 6.07) is 6.08.